The summed E-state index contributed by atoms with van der Waals surface area (Å²) in [6, 6.07) is 0.398. The first-order valence-electron chi connectivity index (χ1n) is 26.4. The summed E-state index contributed by atoms with van der Waals surface area (Å²) in [6.07, 6.45) is 43.6. The van der Waals surface area contributed by atoms with Crippen molar-refractivity contribution in [2.75, 3.05) is 13.1 Å². The van der Waals surface area contributed by atoms with Gasteiger partial charge in [0.05, 0.1) is 5.41 Å². The molecule has 1 atom stereocenters. The normalized spacial score (nSPS) is 17.8. The lowest BCUT2D eigenvalue weighted by atomic mass is 9.75. The zero-order valence-corrected chi connectivity index (χ0v) is 42.2. The number of nitrogens with zero attached hydrogens (tertiary/aromatic N) is 1. The highest BCUT2D eigenvalue weighted by Crippen LogP contribution is 2.37. The first-order valence-corrected chi connectivity index (χ1v) is 26.4. The predicted octanol–water partition coefficient (Wildman–Crippen LogP) is 16.2. The zero-order valence-electron chi connectivity index (χ0n) is 42.2. The quantitative estimate of drug-likeness (QED) is 0.0496. The van der Waals surface area contributed by atoms with E-state index in [1.165, 1.54) is 173 Å². The van der Waals surface area contributed by atoms with Crippen LogP contribution in [0.4, 0.5) is 0 Å². The molecule has 0 aliphatic carbocycles. The Bertz CT molecular complexity index is 1050. The van der Waals surface area contributed by atoms with Gasteiger partial charge in [0.25, 0.3) is 0 Å². The number of rotatable bonds is 34. The zero-order chi connectivity index (χ0) is 44.8. The summed E-state index contributed by atoms with van der Waals surface area (Å²) < 4.78 is 5.80. The number of unbranched alkanes of at least 4 members (excludes halogenated alkanes) is 23. The Kier molecular flexibility index (Phi) is 30.8. The molecule has 1 unspecified atom stereocenters. The molecule has 2 saturated heterocycles. The van der Waals surface area contributed by atoms with Crippen molar-refractivity contribution in [3.8, 4) is 0 Å². The van der Waals surface area contributed by atoms with Gasteiger partial charge in [-0.15, -0.1) is 0 Å². The predicted molar refractivity (Wildman–Crippen MR) is 260 cm³/mol. The molecule has 0 aromatic carbocycles. The second-order valence-electron chi connectivity index (χ2n) is 22.6. The number of carboxylic acid groups (broad SMARTS) is 1. The molecule has 2 heterocycles. The van der Waals surface area contributed by atoms with Gasteiger partial charge in [0.15, 0.2) is 0 Å². The highest BCUT2D eigenvalue weighted by molar-refractivity contribution is 5.73. The number of hydrogen-bond donors (Lipinski definition) is 2. The summed E-state index contributed by atoms with van der Waals surface area (Å²) in [5, 5.41) is 13.3. The average Bonchev–Trinajstić information content (AvgIpc) is 3.16. The van der Waals surface area contributed by atoms with Crippen LogP contribution in [0.2, 0.25) is 0 Å². The van der Waals surface area contributed by atoms with E-state index in [2.05, 4.69) is 65.6 Å². The van der Waals surface area contributed by atoms with Gasteiger partial charge in [0.2, 0.25) is 0 Å². The SMILES string of the molecule is CCCCCCCCCCCCC(C)(C)CC(CC(C)(C)C(=O)O)N1CCCCC1.CCCCCCCCCCCCCCCCCC(=O)OC1CC(C)(C)NC(C)(C)C1. The largest absolute Gasteiger partial charge is 0.481 e. The van der Waals surface area contributed by atoms with E-state index in [-0.39, 0.29) is 28.6 Å². The van der Waals surface area contributed by atoms with Crippen LogP contribution in [-0.2, 0) is 14.3 Å². The molecular formula is C54H106N2O4. The third-order valence-electron chi connectivity index (χ3n) is 13.7. The van der Waals surface area contributed by atoms with Crippen LogP contribution >= 0.6 is 0 Å². The molecule has 0 aromatic heterocycles. The molecule has 0 bridgehead atoms. The second kappa shape index (κ2) is 32.5. The van der Waals surface area contributed by atoms with E-state index in [1.807, 2.05) is 13.8 Å². The Labute approximate surface area is 375 Å². The maximum atomic E-state index is 12.2. The van der Waals surface area contributed by atoms with Gasteiger partial charge >= 0.3 is 11.9 Å². The number of ether oxygens (including phenoxy) is 1. The van der Waals surface area contributed by atoms with Gasteiger partial charge in [-0.2, -0.15) is 0 Å². The number of carbonyl (C=O) groups excluding carboxylic acids is 1. The number of esters is 1. The fourth-order valence-corrected chi connectivity index (χ4v) is 10.3. The van der Waals surface area contributed by atoms with E-state index >= 15 is 0 Å². The van der Waals surface area contributed by atoms with Crippen molar-refractivity contribution >= 4 is 11.9 Å². The number of aliphatic carboxylic acids is 1. The second-order valence-corrected chi connectivity index (χ2v) is 22.6. The number of nitrogens with one attached hydrogen (secondary N) is 1. The van der Waals surface area contributed by atoms with Crippen LogP contribution in [0.5, 0.6) is 0 Å². The molecule has 2 rings (SSSR count). The minimum Gasteiger partial charge on any atom is -0.481 e. The minimum absolute atomic E-state index is 0.00296. The molecule has 2 fully saturated rings. The van der Waals surface area contributed by atoms with E-state index in [1.54, 1.807) is 0 Å². The van der Waals surface area contributed by atoms with Gasteiger partial charge in [0.1, 0.15) is 6.10 Å². The number of piperidine rings is 2. The van der Waals surface area contributed by atoms with E-state index in [4.69, 9.17) is 4.74 Å². The van der Waals surface area contributed by atoms with Crippen LogP contribution in [0.1, 0.15) is 288 Å². The Balaban J connectivity index is 0.000000600. The molecule has 60 heavy (non-hydrogen) atoms. The van der Waals surface area contributed by atoms with Crippen LogP contribution in [-0.4, -0.2) is 58.3 Å². The Morgan fingerprint density at radius 1 is 0.600 bits per heavy atom. The summed E-state index contributed by atoms with van der Waals surface area (Å²) in [4.78, 5) is 26.6. The fraction of sp³-hybridized carbons (Fsp3) is 0.963. The molecule has 6 nitrogen and oxygen atoms in total. The van der Waals surface area contributed by atoms with Crippen LogP contribution in [0.3, 0.4) is 0 Å². The summed E-state index contributed by atoms with van der Waals surface area (Å²) in [6.45, 7) is 24.3. The molecule has 6 heteroatoms. The van der Waals surface area contributed by atoms with Crippen LogP contribution in [0.25, 0.3) is 0 Å². The molecule has 2 aliphatic rings. The van der Waals surface area contributed by atoms with Gasteiger partial charge in [-0.05, 0) is 98.6 Å². The summed E-state index contributed by atoms with van der Waals surface area (Å²) in [5.41, 5.74) is -0.297. The highest BCUT2D eigenvalue weighted by atomic mass is 16.5. The Morgan fingerprint density at radius 3 is 1.38 bits per heavy atom. The molecule has 356 valence electrons. The first kappa shape index (κ1) is 56.9. The molecule has 0 saturated carbocycles. The smallest absolute Gasteiger partial charge is 0.309 e. The lowest BCUT2D eigenvalue weighted by Crippen LogP contribution is -2.59. The Morgan fingerprint density at radius 2 is 0.983 bits per heavy atom. The van der Waals surface area contributed by atoms with E-state index in [0.29, 0.717) is 12.5 Å². The molecule has 0 aromatic rings. The van der Waals surface area contributed by atoms with Crippen LogP contribution < -0.4 is 5.32 Å². The first-order chi connectivity index (χ1) is 28.4. The molecule has 0 amide bonds. The third kappa shape index (κ3) is 30.0. The summed E-state index contributed by atoms with van der Waals surface area (Å²) >= 11 is 0. The van der Waals surface area contributed by atoms with E-state index in [0.717, 1.165) is 51.6 Å². The molecular weight excluding hydrogens is 741 g/mol. The number of carbonyl (C=O) groups is 2. The molecule has 0 spiro atoms. The topological polar surface area (TPSA) is 78.9 Å². The van der Waals surface area contributed by atoms with E-state index in [9.17, 15) is 14.7 Å². The number of hydrogen-bond acceptors (Lipinski definition) is 5. The lowest BCUT2D eigenvalue weighted by Gasteiger charge is -2.45. The maximum Gasteiger partial charge on any atom is 0.309 e. The van der Waals surface area contributed by atoms with Crippen molar-refractivity contribution < 1.29 is 19.4 Å². The van der Waals surface area contributed by atoms with Crippen molar-refractivity contribution in [2.24, 2.45) is 10.8 Å². The standard InChI is InChI=1S/2C27H53NO2/c1-6-7-8-9-10-11-12-13-14-16-19-26(2,3)22-24(23-27(4,5)25(29)30)28-20-17-15-18-21-28;1-6-7-8-9-10-11-12-13-14-15-16-17-18-19-20-21-25(29)30-24-22-26(2,3)28-27(4,5)23-24/h24H,6-23H2,1-5H3,(H,29,30);24,28H,6-23H2,1-5H3. The van der Waals surface area contributed by atoms with Crippen molar-refractivity contribution in [2.45, 2.75) is 311 Å². The highest BCUT2D eigenvalue weighted by Gasteiger charge is 2.39. The Hall–Kier alpha value is -1.14. The van der Waals surface area contributed by atoms with Crippen molar-refractivity contribution in [1.29, 1.82) is 0 Å². The lowest BCUT2D eigenvalue weighted by molar-refractivity contribution is -0.153. The summed E-state index contributed by atoms with van der Waals surface area (Å²) in [7, 11) is 0. The molecule has 2 N–H and O–H groups in total. The summed E-state index contributed by atoms with van der Waals surface area (Å²) in [5.74, 6) is -0.653. The monoisotopic (exact) mass is 847 g/mol. The van der Waals surface area contributed by atoms with Crippen LogP contribution in [0, 0.1) is 10.8 Å². The molecule has 0 radical (unpaired) electrons. The van der Waals surface area contributed by atoms with Crippen LogP contribution in [0.15, 0.2) is 0 Å². The van der Waals surface area contributed by atoms with Crippen molar-refractivity contribution in [3.63, 3.8) is 0 Å². The molecule has 2 aliphatic heterocycles. The van der Waals surface area contributed by atoms with Crippen molar-refractivity contribution in [1.82, 2.24) is 10.2 Å². The maximum absolute atomic E-state index is 12.2. The average molecular weight is 847 g/mol. The van der Waals surface area contributed by atoms with Gasteiger partial charge < -0.3 is 20.1 Å². The van der Waals surface area contributed by atoms with Gasteiger partial charge in [0, 0.05) is 36.4 Å². The number of carboxylic acids is 1. The van der Waals surface area contributed by atoms with Gasteiger partial charge in [-0.25, -0.2) is 0 Å². The van der Waals surface area contributed by atoms with Gasteiger partial charge in [-0.1, -0.05) is 188 Å². The number of likely N-dealkylation sites (tertiary alicyclic amines) is 1. The van der Waals surface area contributed by atoms with Crippen molar-refractivity contribution in [3.05, 3.63) is 0 Å². The van der Waals surface area contributed by atoms with Gasteiger partial charge in [-0.3, -0.25) is 9.59 Å². The fourth-order valence-electron chi connectivity index (χ4n) is 10.3. The van der Waals surface area contributed by atoms with E-state index < -0.39 is 11.4 Å². The third-order valence-corrected chi connectivity index (χ3v) is 13.7. The minimum atomic E-state index is -0.656.